The summed E-state index contributed by atoms with van der Waals surface area (Å²) in [6, 6.07) is 0.247. The van der Waals surface area contributed by atoms with E-state index in [9.17, 15) is 23.3 Å². The van der Waals surface area contributed by atoms with Gasteiger partial charge in [0.25, 0.3) is 5.69 Å². The van der Waals surface area contributed by atoms with Crippen molar-refractivity contribution >= 4 is 27.3 Å². The van der Waals surface area contributed by atoms with Crippen LogP contribution in [-0.2, 0) is 9.84 Å². The molecule has 0 aliphatic carbocycles. The van der Waals surface area contributed by atoms with E-state index in [0.717, 1.165) is 17.7 Å². The van der Waals surface area contributed by atoms with Crippen LogP contribution in [0.2, 0.25) is 0 Å². The Morgan fingerprint density at radius 1 is 1.55 bits per heavy atom. The smallest absolute Gasteiger partial charge is 0.339 e. The van der Waals surface area contributed by atoms with Crippen molar-refractivity contribution in [1.82, 2.24) is 4.98 Å². The van der Waals surface area contributed by atoms with Crippen molar-refractivity contribution in [2.45, 2.75) is 6.04 Å². The molecule has 1 aromatic heterocycles. The fourth-order valence-electron chi connectivity index (χ4n) is 1.67. The first-order valence-corrected chi connectivity index (χ1v) is 7.05. The van der Waals surface area contributed by atoms with Crippen molar-refractivity contribution in [1.29, 1.82) is 0 Å². The highest BCUT2D eigenvalue weighted by molar-refractivity contribution is 7.94. The van der Waals surface area contributed by atoms with Crippen LogP contribution in [0.1, 0.15) is 10.4 Å². The molecule has 0 aromatic carbocycles. The first kappa shape index (κ1) is 13.9. The molecule has 0 spiro atoms. The van der Waals surface area contributed by atoms with Crippen LogP contribution in [0.25, 0.3) is 0 Å². The summed E-state index contributed by atoms with van der Waals surface area (Å²) in [6.07, 6.45) is 2.27. The topological polar surface area (TPSA) is 140 Å². The molecule has 0 saturated heterocycles. The number of pyridine rings is 1. The van der Waals surface area contributed by atoms with Crippen molar-refractivity contribution < 1.29 is 23.2 Å². The number of nitrogens with zero attached hydrogens (tertiary/aromatic N) is 2. The van der Waals surface area contributed by atoms with Crippen molar-refractivity contribution in [3.63, 3.8) is 0 Å². The highest BCUT2D eigenvalue weighted by Crippen LogP contribution is 2.21. The van der Waals surface area contributed by atoms with Crippen molar-refractivity contribution in [2.75, 3.05) is 11.1 Å². The van der Waals surface area contributed by atoms with Gasteiger partial charge in [0.2, 0.25) is 0 Å². The highest BCUT2D eigenvalue weighted by Gasteiger charge is 2.24. The summed E-state index contributed by atoms with van der Waals surface area (Å²) < 4.78 is 22.5. The van der Waals surface area contributed by atoms with Gasteiger partial charge >= 0.3 is 5.97 Å². The monoisotopic (exact) mass is 299 g/mol. The number of nitro groups is 1. The van der Waals surface area contributed by atoms with Crippen molar-refractivity contribution in [2.24, 2.45) is 0 Å². The van der Waals surface area contributed by atoms with Gasteiger partial charge in [-0.15, -0.1) is 0 Å². The van der Waals surface area contributed by atoms with Gasteiger partial charge in [0.05, 0.1) is 16.7 Å². The molecule has 20 heavy (non-hydrogen) atoms. The van der Waals surface area contributed by atoms with E-state index in [4.69, 9.17) is 5.11 Å². The van der Waals surface area contributed by atoms with Crippen LogP contribution in [0.4, 0.5) is 11.5 Å². The summed E-state index contributed by atoms with van der Waals surface area (Å²) in [7, 11) is -3.30. The summed E-state index contributed by atoms with van der Waals surface area (Å²) in [4.78, 5) is 24.5. The SMILES string of the molecule is O=C(O)c1cc([N+](=O)[O-])cnc1NC1C=CS(=O)(=O)C1. The summed E-state index contributed by atoms with van der Waals surface area (Å²) in [5.74, 6) is -1.73. The number of carbonyl (C=O) groups is 1. The Hall–Kier alpha value is -2.49. The summed E-state index contributed by atoms with van der Waals surface area (Å²) >= 11 is 0. The molecule has 9 nitrogen and oxygen atoms in total. The third-order valence-electron chi connectivity index (χ3n) is 2.57. The fraction of sp³-hybridized carbons (Fsp3) is 0.200. The molecule has 0 fully saturated rings. The lowest BCUT2D eigenvalue weighted by molar-refractivity contribution is -0.385. The molecule has 106 valence electrons. The molecule has 0 amide bonds. The second-order valence-electron chi connectivity index (χ2n) is 4.06. The first-order chi connectivity index (χ1) is 9.28. The molecule has 1 atom stereocenters. The number of hydrogen-bond donors (Lipinski definition) is 2. The predicted molar refractivity (Wildman–Crippen MR) is 68.2 cm³/mol. The Balaban J connectivity index is 2.30. The number of aromatic nitrogens is 1. The number of aromatic carboxylic acids is 1. The van der Waals surface area contributed by atoms with Crippen LogP contribution in [0, 0.1) is 10.1 Å². The van der Waals surface area contributed by atoms with Gasteiger partial charge in [-0.25, -0.2) is 18.2 Å². The van der Waals surface area contributed by atoms with Crippen LogP contribution in [0.5, 0.6) is 0 Å². The molecule has 1 unspecified atom stereocenters. The zero-order valence-electron chi connectivity index (χ0n) is 9.88. The standard InChI is InChI=1S/C10H9N3O6S/c14-10(15)8-3-7(13(16)17)4-11-9(8)12-6-1-2-20(18,19)5-6/h1-4,6H,5H2,(H,11,12)(H,14,15). The van der Waals surface area contributed by atoms with Gasteiger partial charge in [0.15, 0.2) is 9.84 Å². The van der Waals surface area contributed by atoms with Crippen LogP contribution in [0.3, 0.4) is 0 Å². The number of anilines is 1. The van der Waals surface area contributed by atoms with Gasteiger partial charge in [0, 0.05) is 11.5 Å². The minimum absolute atomic E-state index is 0.116. The Kier molecular flexibility index (Phi) is 3.40. The zero-order chi connectivity index (χ0) is 14.9. The van der Waals surface area contributed by atoms with Crippen molar-refractivity contribution in [3.05, 3.63) is 39.4 Å². The summed E-state index contributed by atoms with van der Waals surface area (Å²) in [5, 5.41) is 23.2. The molecule has 1 aromatic rings. The zero-order valence-corrected chi connectivity index (χ0v) is 10.7. The van der Waals surface area contributed by atoms with E-state index in [0.29, 0.717) is 0 Å². The maximum Gasteiger partial charge on any atom is 0.339 e. The van der Waals surface area contributed by atoms with Gasteiger partial charge in [-0.3, -0.25) is 10.1 Å². The van der Waals surface area contributed by atoms with Crippen LogP contribution < -0.4 is 5.32 Å². The van der Waals surface area contributed by atoms with Crippen molar-refractivity contribution in [3.8, 4) is 0 Å². The van der Waals surface area contributed by atoms with Gasteiger partial charge in [-0.05, 0) is 6.08 Å². The molecule has 0 bridgehead atoms. The minimum atomic E-state index is -3.30. The van der Waals surface area contributed by atoms with Gasteiger partial charge in [-0.2, -0.15) is 0 Å². The average Bonchev–Trinajstić information content (AvgIpc) is 2.68. The quantitative estimate of drug-likeness (QED) is 0.601. The number of carboxylic acid groups (broad SMARTS) is 1. The Morgan fingerprint density at radius 2 is 2.25 bits per heavy atom. The molecular formula is C10H9N3O6S. The molecule has 2 rings (SSSR count). The lowest BCUT2D eigenvalue weighted by Crippen LogP contribution is -2.23. The normalized spacial score (nSPS) is 19.7. The van der Waals surface area contributed by atoms with E-state index in [2.05, 4.69) is 10.3 Å². The Bertz CT molecular complexity index is 712. The second kappa shape index (κ2) is 4.89. The maximum atomic E-state index is 11.2. The number of hydrogen-bond acceptors (Lipinski definition) is 7. The van der Waals surface area contributed by atoms with E-state index >= 15 is 0 Å². The van der Waals surface area contributed by atoms with E-state index in [1.54, 1.807) is 0 Å². The molecule has 1 aliphatic heterocycles. The molecule has 1 aliphatic rings. The van der Waals surface area contributed by atoms with E-state index in [-0.39, 0.29) is 11.6 Å². The van der Waals surface area contributed by atoms with E-state index in [1.165, 1.54) is 6.08 Å². The Morgan fingerprint density at radius 3 is 2.75 bits per heavy atom. The van der Waals surface area contributed by atoms with Crippen LogP contribution in [0.15, 0.2) is 23.7 Å². The van der Waals surface area contributed by atoms with Gasteiger partial charge < -0.3 is 10.4 Å². The fourth-order valence-corrected chi connectivity index (χ4v) is 2.91. The molecule has 2 N–H and O–H groups in total. The predicted octanol–water partition coefficient (Wildman–Crippen LogP) is 0.411. The number of rotatable bonds is 4. The number of nitrogens with one attached hydrogen (secondary N) is 1. The molecular weight excluding hydrogens is 290 g/mol. The maximum absolute atomic E-state index is 11.2. The van der Waals surface area contributed by atoms with E-state index in [1.807, 2.05) is 0 Å². The Labute approximate surface area is 113 Å². The molecule has 10 heteroatoms. The molecule has 2 heterocycles. The number of sulfone groups is 1. The third kappa shape index (κ3) is 2.91. The lowest BCUT2D eigenvalue weighted by Gasteiger charge is -2.12. The lowest BCUT2D eigenvalue weighted by atomic mass is 10.2. The third-order valence-corrected chi connectivity index (χ3v) is 3.96. The minimum Gasteiger partial charge on any atom is -0.478 e. The summed E-state index contributed by atoms with van der Waals surface area (Å²) in [5.41, 5.74) is -0.848. The second-order valence-corrected chi connectivity index (χ2v) is 5.99. The van der Waals surface area contributed by atoms with Crippen LogP contribution in [-0.4, -0.2) is 41.2 Å². The van der Waals surface area contributed by atoms with Crippen LogP contribution >= 0.6 is 0 Å². The van der Waals surface area contributed by atoms with Gasteiger partial charge in [0.1, 0.15) is 17.6 Å². The summed E-state index contributed by atoms with van der Waals surface area (Å²) in [6.45, 7) is 0. The highest BCUT2D eigenvalue weighted by atomic mass is 32.2. The van der Waals surface area contributed by atoms with E-state index < -0.39 is 38.0 Å². The van der Waals surface area contributed by atoms with Gasteiger partial charge in [-0.1, -0.05) is 0 Å². The molecule has 0 radical (unpaired) electrons. The first-order valence-electron chi connectivity index (χ1n) is 5.34. The number of carboxylic acids is 1. The average molecular weight is 299 g/mol. The largest absolute Gasteiger partial charge is 0.478 e. The molecule has 0 saturated carbocycles.